The number of benzene rings is 2. The molecule has 0 bridgehead atoms. The van der Waals surface area contributed by atoms with Gasteiger partial charge in [-0.15, -0.1) is 11.3 Å². The average Bonchev–Trinajstić information content (AvgIpc) is 3.20. The third kappa shape index (κ3) is 3.74. The van der Waals surface area contributed by atoms with Gasteiger partial charge in [-0.3, -0.25) is 0 Å². The molecular formula is C21H16ClN3O3S. The molecule has 1 N–H and O–H groups in total. The lowest BCUT2D eigenvalue weighted by Gasteiger charge is -2.11. The van der Waals surface area contributed by atoms with Gasteiger partial charge in [-0.25, -0.2) is 14.8 Å². The van der Waals surface area contributed by atoms with E-state index < -0.39 is 5.97 Å². The molecule has 0 saturated carbocycles. The van der Waals surface area contributed by atoms with Crippen molar-refractivity contribution in [2.75, 3.05) is 19.5 Å². The first kappa shape index (κ1) is 19.2. The highest BCUT2D eigenvalue weighted by molar-refractivity contribution is 7.17. The molecule has 0 aliphatic carbocycles. The maximum atomic E-state index is 11.9. The smallest absolute Gasteiger partial charge is 0.337 e. The van der Waals surface area contributed by atoms with Gasteiger partial charge in [0.15, 0.2) is 0 Å². The fraction of sp³-hybridized carbons (Fsp3) is 0.0952. The van der Waals surface area contributed by atoms with Crippen LogP contribution in [0.5, 0.6) is 5.75 Å². The Morgan fingerprint density at radius 3 is 2.62 bits per heavy atom. The number of methoxy groups -OCH3 is 2. The number of nitrogens with one attached hydrogen (secondary N) is 1. The maximum Gasteiger partial charge on any atom is 0.337 e. The van der Waals surface area contributed by atoms with E-state index in [1.54, 1.807) is 25.3 Å². The van der Waals surface area contributed by atoms with Crippen molar-refractivity contribution >= 4 is 50.6 Å². The second-order valence-corrected chi connectivity index (χ2v) is 7.36. The number of anilines is 2. The number of halogens is 1. The van der Waals surface area contributed by atoms with Gasteiger partial charge in [-0.05, 0) is 35.9 Å². The van der Waals surface area contributed by atoms with Crippen LogP contribution in [0, 0.1) is 0 Å². The minimum absolute atomic E-state index is 0.394. The van der Waals surface area contributed by atoms with Crippen LogP contribution in [-0.2, 0) is 4.74 Å². The summed E-state index contributed by atoms with van der Waals surface area (Å²) in [7, 11) is 2.97. The van der Waals surface area contributed by atoms with Gasteiger partial charge in [0.2, 0.25) is 0 Å². The van der Waals surface area contributed by atoms with Crippen LogP contribution in [0.15, 0.2) is 54.2 Å². The summed E-state index contributed by atoms with van der Waals surface area (Å²) in [5.74, 6) is 0.951. The fourth-order valence-corrected chi connectivity index (χ4v) is 4.03. The molecule has 0 atom stereocenters. The standard InChI is InChI=1S/C21H16ClN3O3S/c1-27-14-6-3-12(4-7-14)15-10-29-20-18(15)19(23-11-24-20)25-17-9-13(21(26)28-2)5-8-16(17)22/h3-11H,1-2H3,(H,23,24,25). The second kappa shape index (κ2) is 8.06. The van der Waals surface area contributed by atoms with E-state index in [0.29, 0.717) is 22.1 Å². The van der Waals surface area contributed by atoms with Crippen molar-refractivity contribution in [2.24, 2.45) is 0 Å². The number of carbonyl (C=O) groups is 1. The first-order valence-electron chi connectivity index (χ1n) is 8.62. The van der Waals surface area contributed by atoms with Crippen LogP contribution in [0.1, 0.15) is 10.4 Å². The molecule has 4 rings (SSSR count). The molecule has 0 saturated heterocycles. The third-order valence-corrected chi connectivity index (χ3v) is 5.63. The van der Waals surface area contributed by atoms with E-state index in [4.69, 9.17) is 21.1 Å². The van der Waals surface area contributed by atoms with E-state index >= 15 is 0 Å². The number of nitrogens with zero attached hydrogens (tertiary/aromatic N) is 2. The molecule has 8 heteroatoms. The predicted octanol–water partition coefficient (Wildman–Crippen LogP) is 5.55. The lowest BCUT2D eigenvalue weighted by molar-refractivity contribution is 0.0601. The summed E-state index contributed by atoms with van der Waals surface area (Å²) >= 11 is 7.87. The zero-order chi connectivity index (χ0) is 20.4. The molecule has 0 spiro atoms. The molecule has 0 aliphatic rings. The van der Waals surface area contributed by atoms with Crippen molar-refractivity contribution in [3.05, 3.63) is 64.8 Å². The predicted molar refractivity (Wildman–Crippen MR) is 115 cm³/mol. The lowest BCUT2D eigenvalue weighted by atomic mass is 10.1. The number of fused-ring (bicyclic) bond motifs is 1. The molecule has 146 valence electrons. The van der Waals surface area contributed by atoms with E-state index in [1.165, 1.54) is 24.8 Å². The molecule has 0 aliphatic heterocycles. The molecule has 29 heavy (non-hydrogen) atoms. The minimum Gasteiger partial charge on any atom is -0.497 e. The highest BCUT2D eigenvalue weighted by Gasteiger charge is 2.15. The van der Waals surface area contributed by atoms with Gasteiger partial charge in [-0.1, -0.05) is 23.7 Å². The number of hydrogen-bond acceptors (Lipinski definition) is 7. The molecule has 2 aromatic carbocycles. The summed E-state index contributed by atoms with van der Waals surface area (Å²) in [4.78, 5) is 21.5. The second-order valence-electron chi connectivity index (χ2n) is 6.09. The Labute approximate surface area is 176 Å². The summed E-state index contributed by atoms with van der Waals surface area (Å²) in [6.45, 7) is 0. The Hall–Kier alpha value is -3.16. The van der Waals surface area contributed by atoms with E-state index in [-0.39, 0.29) is 0 Å². The van der Waals surface area contributed by atoms with Crippen molar-refractivity contribution in [3.8, 4) is 16.9 Å². The average molecular weight is 426 g/mol. The van der Waals surface area contributed by atoms with Crippen LogP contribution in [0.3, 0.4) is 0 Å². The Morgan fingerprint density at radius 2 is 1.90 bits per heavy atom. The quantitative estimate of drug-likeness (QED) is 0.422. The van der Waals surface area contributed by atoms with E-state index in [9.17, 15) is 4.79 Å². The van der Waals surface area contributed by atoms with Gasteiger partial charge in [0.25, 0.3) is 0 Å². The number of carbonyl (C=O) groups excluding carboxylic acids is 1. The van der Waals surface area contributed by atoms with Gasteiger partial charge >= 0.3 is 5.97 Å². The zero-order valence-corrected chi connectivity index (χ0v) is 17.2. The van der Waals surface area contributed by atoms with Gasteiger partial charge in [-0.2, -0.15) is 0 Å². The largest absolute Gasteiger partial charge is 0.497 e. The van der Waals surface area contributed by atoms with Gasteiger partial charge in [0.05, 0.1) is 35.9 Å². The van der Waals surface area contributed by atoms with Crippen LogP contribution in [0.2, 0.25) is 5.02 Å². The van der Waals surface area contributed by atoms with Crippen LogP contribution >= 0.6 is 22.9 Å². The Morgan fingerprint density at radius 1 is 1.10 bits per heavy atom. The number of thiophene rings is 1. The van der Waals surface area contributed by atoms with E-state index in [1.807, 2.05) is 29.6 Å². The zero-order valence-electron chi connectivity index (χ0n) is 15.6. The fourth-order valence-electron chi connectivity index (χ4n) is 2.95. The van der Waals surface area contributed by atoms with Crippen molar-refractivity contribution in [3.63, 3.8) is 0 Å². The topological polar surface area (TPSA) is 73.3 Å². The SMILES string of the molecule is COC(=O)c1ccc(Cl)c(Nc2ncnc3scc(-c4ccc(OC)cc4)c23)c1. The van der Waals surface area contributed by atoms with Crippen molar-refractivity contribution in [2.45, 2.75) is 0 Å². The molecule has 2 heterocycles. The Bertz CT molecular complexity index is 1190. The van der Waals surface area contributed by atoms with E-state index in [0.717, 1.165) is 27.1 Å². The van der Waals surface area contributed by atoms with Crippen LogP contribution in [-0.4, -0.2) is 30.2 Å². The molecule has 4 aromatic rings. The molecule has 0 amide bonds. The molecule has 2 aromatic heterocycles. The van der Waals surface area contributed by atoms with Crippen LogP contribution < -0.4 is 10.1 Å². The first-order valence-corrected chi connectivity index (χ1v) is 9.88. The summed E-state index contributed by atoms with van der Waals surface area (Å²) in [6.07, 6.45) is 1.50. The number of esters is 1. The summed E-state index contributed by atoms with van der Waals surface area (Å²) < 4.78 is 10.0. The Balaban J connectivity index is 1.79. The molecule has 0 fully saturated rings. The summed E-state index contributed by atoms with van der Waals surface area (Å²) in [6, 6.07) is 12.7. The molecule has 6 nitrogen and oxygen atoms in total. The third-order valence-electron chi connectivity index (χ3n) is 4.41. The normalized spacial score (nSPS) is 10.7. The summed E-state index contributed by atoms with van der Waals surface area (Å²) in [5, 5.41) is 6.63. The van der Waals surface area contributed by atoms with Crippen molar-refractivity contribution in [1.82, 2.24) is 9.97 Å². The number of aromatic nitrogens is 2. The number of ether oxygens (including phenoxy) is 2. The maximum absolute atomic E-state index is 11.9. The highest BCUT2D eigenvalue weighted by atomic mass is 35.5. The lowest BCUT2D eigenvalue weighted by Crippen LogP contribution is -2.03. The monoisotopic (exact) mass is 425 g/mol. The molecule has 0 radical (unpaired) electrons. The first-order chi connectivity index (χ1) is 14.1. The van der Waals surface area contributed by atoms with Gasteiger partial charge in [0, 0.05) is 10.9 Å². The highest BCUT2D eigenvalue weighted by Crippen LogP contribution is 2.38. The van der Waals surface area contributed by atoms with E-state index in [2.05, 4.69) is 15.3 Å². The Kier molecular flexibility index (Phi) is 5.33. The number of hydrogen-bond donors (Lipinski definition) is 1. The minimum atomic E-state index is -0.438. The molecule has 0 unspecified atom stereocenters. The van der Waals surface area contributed by atoms with Crippen molar-refractivity contribution < 1.29 is 14.3 Å². The summed E-state index contributed by atoms with van der Waals surface area (Å²) in [5.41, 5.74) is 2.96. The number of rotatable bonds is 5. The van der Waals surface area contributed by atoms with Crippen LogP contribution in [0.25, 0.3) is 21.3 Å². The van der Waals surface area contributed by atoms with Crippen molar-refractivity contribution in [1.29, 1.82) is 0 Å². The molecular weight excluding hydrogens is 410 g/mol. The van der Waals surface area contributed by atoms with Gasteiger partial charge in [0.1, 0.15) is 22.7 Å². The van der Waals surface area contributed by atoms with Crippen LogP contribution in [0.4, 0.5) is 11.5 Å². The van der Waals surface area contributed by atoms with Gasteiger partial charge < -0.3 is 14.8 Å².